The molecule has 0 saturated carbocycles. The molecular weight excluding hydrogens is 326 g/mol. The van der Waals surface area contributed by atoms with Gasteiger partial charge in [0.05, 0.1) is 0 Å². The van der Waals surface area contributed by atoms with Gasteiger partial charge in [-0.05, 0) is 37.1 Å². The van der Waals surface area contributed by atoms with Gasteiger partial charge in [-0.3, -0.25) is 9.59 Å². The first kappa shape index (κ1) is 20.3. The SMILES string of the molecule is CCCCCC(=O)Nc1ccc(N2CCN(C(=O)CCCC)CC2)cc1. The second-order valence-corrected chi connectivity index (χ2v) is 7.02. The molecule has 0 aliphatic carbocycles. The quantitative estimate of drug-likeness (QED) is 0.677. The third kappa shape index (κ3) is 6.36. The van der Waals surface area contributed by atoms with Gasteiger partial charge in [0.15, 0.2) is 0 Å². The van der Waals surface area contributed by atoms with E-state index in [2.05, 4.69) is 36.2 Å². The Bertz CT molecular complexity index is 563. The average molecular weight is 360 g/mol. The molecule has 1 N–H and O–H groups in total. The minimum atomic E-state index is 0.0883. The molecule has 5 nitrogen and oxygen atoms in total. The van der Waals surface area contributed by atoms with Gasteiger partial charge in [-0.25, -0.2) is 0 Å². The molecule has 0 atom stereocenters. The lowest BCUT2D eigenvalue weighted by molar-refractivity contribution is -0.131. The minimum absolute atomic E-state index is 0.0883. The molecule has 1 aromatic carbocycles. The number of benzene rings is 1. The fourth-order valence-electron chi connectivity index (χ4n) is 3.21. The highest BCUT2D eigenvalue weighted by Crippen LogP contribution is 2.20. The molecule has 1 aliphatic heterocycles. The van der Waals surface area contributed by atoms with Crippen molar-refractivity contribution in [2.24, 2.45) is 0 Å². The van der Waals surface area contributed by atoms with E-state index in [-0.39, 0.29) is 11.8 Å². The first-order valence-corrected chi connectivity index (χ1v) is 10.1. The third-order valence-electron chi connectivity index (χ3n) is 4.90. The number of nitrogens with one attached hydrogen (secondary N) is 1. The van der Waals surface area contributed by atoms with E-state index < -0.39 is 0 Å². The molecule has 1 aliphatic rings. The van der Waals surface area contributed by atoms with Crippen molar-refractivity contribution in [3.8, 4) is 0 Å². The van der Waals surface area contributed by atoms with Crippen LogP contribution in [0, 0.1) is 0 Å². The number of anilines is 2. The van der Waals surface area contributed by atoms with Gasteiger partial charge in [0.25, 0.3) is 0 Å². The third-order valence-corrected chi connectivity index (χ3v) is 4.90. The van der Waals surface area contributed by atoms with Crippen LogP contribution >= 0.6 is 0 Å². The number of carbonyl (C=O) groups excluding carboxylic acids is 2. The Balaban J connectivity index is 1.78. The highest BCUT2D eigenvalue weighted by molar-refractivity contribution is 5.90. The predicted molar refractivity (Wildman–Crippen MR) is 108 cm³/mol. The van der Waals surface area contributed by atoms with Crippen LogP contribution in [0.15, 0.2) is 24.3 Å². The zero-order valence-corrected chi connectivity index (χ0v) is 16.3. The molecule has 1 fully saturated rings. The molecule has 0 aromatic heterocycles. The first-order valence-electron chi connectivity index (χ1n) is 10.1. The standard InChI is InChI=1S/C21H33N3O2/c1-3-5-7-8-20(25)22-18-10-12-19(13-11-18)23-14-16-24(17-15-23)21(26)9-6-4-2/h10-13H,3-9,14-17H2,1-2H3,(H,22,25). The molecule has 2 rings (SSSR count). The summed E-state index contributed by atoms with van der Waals surface area (Å²) >= 11 is 0. The fourth-order valence-corrected chi connectivity index (χ4v) is 3.21. The van der Waals surface area contributed by atoms with Gasteiger partial charge >= 0.3 is 0 Å². The van der Waals surface area contributed by atoms with Crippen LogP contribution in [0.25, 0.3) is 0 Å². The van der Waals surface area contributed by atoms with Gasteiger partial charge in [0.1, 0.15) is 0 Å². The van der Waals surface area contributed by atoms with Gasteiger partial charge < -0.3 is 15.1 Å². The maximum absolute atomic E-state index is 12.1. The summed E-state index contributed by atoms with van der Waals surface area (Å²) in [4.78, 5) is 28.3. The van der Waals surface area contributed by atoms with Crippen molar-refractivity contribution in [1.82, 2.24) is 4.90 Å². The Morgan fingerprint density at radius 2 is 1.54 bits per heavy atom. The zero-order chi connectivity index (χ0) is 18.8. The maximum Gasteiger partial charge on any atom is 0.224 e. The van der Waals surface area contributed by atoms with Crippen molar-refractivity contribution in [1.29, 1.82) is 0 Å². The molecule has 1 heterocycles. The highest BCUT2D eigenvalue weighted by atomic mass is 16.2. The Kier molecular flexibility index (Phi) is 8.45. The molecule has 0 unspecified atom stereocenters. The number of unbranched alkanes of at least 4 members (excludes halogenated alkanes) is 3. The number of hydrogen-bond acceptors (Lipinski definition) is 3. The smallest absolute Gasteiger partial charge is 0.224 e. The zero-order valence-electron chi connectivity index (χ0n) is 16.3. The molecule has 0 radical (unpaired) electrons. The molecule has 144 valence electrons. The summed E-state index contributed by atoms with van der Waals surface area (Å²) in [7, 11) is 0. The van der Waals surface area contributed by atoms with Crippen LogP contribution < -0.4 is 10.2 Å². The van der Waals surface area contributed by atoms with Crippen molar-refractivity contribution in [3.05, 3.63) is 24.3 Å². The molecule has 1 saturated heterocycles. The van der Waals surface area contributed by atoms with E-state index >= 15 is 0 Å². The average Bonchev–Trinajstić information content (AvgIpc) is 2.67. The van der Waals surface area contributed by atoms with Crippen molar-refractivity contribution in [2.45, 2.75) is 58.8 Å². The number of rotatable bonds is 9. The largest absolute Gasteiger partial charge is 0.368 e. The van der Waals surface area contributed by atoms with Gasteiger partial charge in [-0.1, -0.05) is 33.1 Å². The summed E-state index contributed by atoms with van der Waals surface area (Å²) in [6, 6.07) is 8.03. The molecule has 2 amide bonds. The summed E-state index contributed by atoms with van der Waals surface area (Å²) in [6.45, 7) is 7.55. The van der Waals surface area contributed by atoms with Crippen LogP contribution in [0.4, 0.5) is 11.4 Å². The normalized spacial score (nSPS) is 14.4. The van der Waals surface area contributed by atoms with E-state index in [1.807, 2.05) is 17.0 Å². The van der Waals surface area contributed by atoms with Crippen LogP contribution in [-0.4, -0.2) is 42.9 Å². The van der Waals surface area contributed by atoms with E-state index in [1.54, 1.807) is 0 Å². The Morgan fingerprint density at radius 3 is 2.15 bits per heavy atom. The Hall–Kier alpha value is -2.04. The monoisotopic (exact) mass is 359 g/mol. The first-order chi connectivity index (χ1) is 12.6. The van der Waals surface area contributed by atoms with Crippen molar-refractivity contribution < 1.29 is 9.59 Å². The van der Waals surface area contributed by atoms with Gasteiger partial charge in [0.2, 0.25) is 11.8 Å². The molecule has 1 aromatic rings. The van der Waals surface area contributed by atoms with E-state index in [0.717, 1.165) is 69.7 Å². The van der Waals surface area contributed by atoms with Gasteiger partial charge in [0, 0.05) is 50.4 Å². The van der Waals surface area contributed by atoms with E-state index in [4.69, 9.17) is 0 Å². The highest BCUT2D eigenvalue weighted by Gasteiger charge is 2.20. The minimum Gasteiger partial charge on any atom is -0.368 e. The topological polar surface area (TPSA) is 52.7 Å². The summed E-state index contributed by atoms with van der Waals surface area (Å²) in [5.41, 5.74) is 2.00. The van der Waals surface area contributed by atoms with E-state index in [0.29, 0.717) is 12.8 Å². The van der Waals surface area contributed by atoms with Crippen molar-refractivity contribution >= 4 is 23.2 Å². The summed E-state index contributed by atoms with van der Waals surface area (Å²) < 4.78 is 0. The van der Waals surface area contributed by atoms with E-state index in [9.17, 15) is 9.59 Å². The second kappa shape index (κ2) is 10.8. The lowest BCUT2D eigenvalue weighted by Crippen LogP contribution is -2.48. The lowest BCUT2D eigenvalue weighted by atomic mass is 10.2. The van der Waals surface area contributed by atoms with Crippen LogP contribution in [0.1, 0.15) is 58.8 Å². The van der Waals surface area contributed by atoms with Crippen LogP contribution in [0.2, 0.25) is 0 Å². The van der Waals surface area contributed by atoms with Crippen molar-refractivity contribution in [2.75, 3.05) is 36.4 Å². The second-order valence-electron chi connectivity index (χ2n) is 7.02. The number of nitrogens with zero attached hydrogens (tertiary/aromatic N) is 2. The number of piperazine rings is 1. The van der Waals surface area contributed by atoms with Crippen LogP contribution in [0.3, 0.4) is 0 Å². The molecule has 26 heavy (non-hydrogen) atoms. The molecular formula is C21H33N3O2. The molecule has 0 spiro atoms. The van der Waals surface area contributed by atoms with Crippen LogP contribution in [0.5, 0.6) is 0 Å². The van der Waals surface area contributed by atoms with Crippen LogP contribution in [-0.2, 0) is 9.59 Å². The Morgan fingerprint density at radius 1 is 0.885 bits per heavy atom. The van der Waals surface area contributed by atoms with E-state index in [1.165, 1.54) is 0 Å². The number of amides is 2. The van der Waals surface area contributed by atoms with Gasteiger partial charge in [-0.15, -0.1) is 0 Å². The van der Waals surface area contributed by atoms with Gasteiger partial charge in [-0.2, -0.15) is 0 Å². The predicted octanol–water partition coefficient (Wildman–Crippen LogP) is 4.04. The lowest BCUT2D eigenvalue weighted by Gasteiger charge is -2.36. The maximum atomic E-state index is 12.1. The summed E-state index contributed by atoms with van der Waals surface area (Å²) in [5.74, 6) is 0.373. The number of carbonyl (C=O) groups is 2. The molecule has 5 heteroatoms. The number of hydrogen-bond donors (Lipinski definition) is 1. The summed E-state index contributed by atoms with van der Waals surface area (Å²) in [6.07, 6.45) is 6.46. The molecule has 0 bridgehead atoms. The van der Waals surface area contributed by atoms with Crippen molar-refractivity contribution in [3.63, 3.8) is 0 Å². The fraction of sp³-hybridized carbons (Fsp3) is 0.619. The Labute approximate surface area is 157 Å². The summed E-state index contributed by atoms with van der Waals surface area (Å²) in [5, 5.41) is 2.96.